The highest BCUT2D eigenvalue weighted by Crippen LogP contribution is 2.16. The van der Waals surface area contributed by atoms with Crippen molar-refractivity contribution in [3.8, 4) is 11.8 Å². The maximum atomic E-state index is 5.68. The van der Waals surface area contributed by atoms with Crippen molar-refractivity contribution in [2.24, 2.45) is 0 Å². The zero-order chi connectivity index (χ0) is 12.6. The minimum absolute atomic E-state index is 0.156. The second-order valence-electron chi connectivity index (χ2n) is 3.88. The Morgan fingerprint density at radius 2 is 1.56 bits per heavy atom. The van der Waals surface area contributed by atoms with Crippen LogP contribution in [0.25, 0.3) is 0 Å². The van der Waals surface area contributed by atoms with Gasteiger partial charge in [0, 0.05) is 12.2 Å². The van der Waals surface area contributed by atoms with Crippen LogP contribution in [0, 0.1) is 11.8 Å². The first-order valence-electron chi connectivity index (χ1n) is 6.13. The first kappa shape index (κ1) is 12.4. The van der Waals surface area contributed by atoms with Crippen LogP contribution in [0.1, 0.15) is 24.2 Å². The topological polar surface area (TPSA) is 9.23 Å². The predicted octanol–water partition coefficient (Wildman–Crippen LogP) is 3.82. The van der Waals surface area contributed by atoms with Gasteiger partial charge in [0.1, 0.15) is 6.10 Å². The molecule has 1 atom stereocenters. The van der Waals surface area contributed by atoms with E-state index in [1.165, 1.54) is 0 Å². The van der Waals surface area contributed by atoms with Crippen LogP contribution < -0.4 is 0 Å². The lowest BCUT2D eigenvalue weighted by Gasteiger charge is -2.10. The molecule has 1 nitrogen and oxygen atoms in total. The molecule has 0 aromatic heterocycles. The number of benzene rings is 2. The molecule has 0 bridgehead atoms. The molecule has 0 aliphatic carbocycles. The third kappa shape index (κ3) is 3.48. The van der Waals surface area contributed by atoms with Crippen LogP contribution in [-0.2, 0) is 4.74 Å². The summed E-state index contributed by atoms with van der Waals surface area (Å²) in [5, 5.41) is 0. The molecule has 0 heterocycles. The Balaban J connectivity index is 2.20. The molecular weight excluding hydrogens is 220 g/mol. The van der Waals surface area contributed by atoms with E-state index < -0.39 is 0 Å². The van der Waals surface area contributed by atoms with Gasteiger partial charge in [-0.05, 0) is 24.6 Å². The normalized spacial score (nSPS) is 11.4. The number of hydrogen-bond donors (Lipinski definition) is 0. The lowest BCUT2D eigenvalue weighted by Crippen LogP contribution is -2.01. The van der Waals surface area contributed by atoms with Gasteiger partial charge in [0.05, 0.1) is 0 Å². The number of hydrogen-bond acceptors (Lipinski definition) is 1. The van der Waals surface area contributed by atoms with Crippen molar-refractivity contribution >= 4 is 0 Å². The fourth-order valence-corrected chi connectivity index (χ4v) is 1.69. The molecule has 0 saturated carbocycles. The van der Waals surface area contributed by atoms with Crippen LogP contribution >= 0.6 is 0 Å². The second-order valence-corrected chi connectivity index (χ2v) is 3.88. The highest BCUT2D eigenvalue weighted by Gasteiger charge is 2.06. The summed E-state index contributed by atoms with van der Waals surface area (Å²) in [6.07, 6.45) is -0.156. The SMILES string of the molecule is CCOC(C#Cc1ccccc1)c1ccccc1. The molecule has 0 spiro atoms. The smallest absolute Gasteiger partial charge is 0.143 e. The first-order valence-corrected chi connectivity index (χ1v) is 6.13. The molecule has 0 saturated heterocycles. The van der Waals surface area contributed by atoms with Crippen molar-refractivity contribution < 1.29 is 4.74 Å². The van der Waals surface area contributed by atoms with Crippen LogP contribution in [0.4, 0.5) is 0 Å². The van der Waals surface area contributed by atoms with Gasteiger partial charge in [-0.15, -0.1) is 0 Å². The maximum Gasteiger partial charge on any atom is 0.143 e. The van der Waals surface area contributed by atoms with E-state index in [1.54, 1.807) is 0 Å². The maximum absolute atomic E-state index is 5.68. The third-order valence-corrected chi connectivity index (χ3v) is 2.56. The average Bonchev–Trinajstić information content (AvgIpc) is 2.45. The van der Waals surface area contributed by atoms with Gasteiger partial charge in [0.2, 0.25) is 0 Å². The summed E-state index contributed by atoms with van der Waals surface area (Å²) >= 11 is 0. The number of rotatable bonds is 3. The minimum atomic E-state index is -0.156. The van der Waals surface area contributed by atoms with Crippen LogP contribution in [0.15, 0.2) is 60.7 Å². The van der Waals surface area contributed by atoms with Gasteiger partial charge in [-0.1, -0.05) is 60.4 Å². The largest absolute Gasteiger partial charge is 0.361 e. The Bertz CT molecular complexity index is 520. The van der Waals surface area contributed by atoms with Gasteiger partial charge in [0.15, 0.2) is 0 Å². The molecular formula is C17H16O. The summed E-state index contributed by atoms with van der Waals surface area (Å²) in [6.45, 7) is 2.64. The van der Waals surface area contributed by atoms with E-state index in [0.29, 0.717) is 6.61 Å². The molecule has 0 aliphatic heterocycles. The molecule has 2 rings (SSSR count). The Labute approximate surface area is 108 Å². The van der Waals surface area contributed by atoms with E-state index in [1.807, 2.05) is 67.6 Å². The van der Waals surface area contributed by atoms with Crippen LogP contribution in [0.3, 0.4) is 0 Å². The Morgan fingerprint density at radius 1 is 0.944 bits per heavy atom. The zero-order valence-corrected chi connectivity index (χ0v) is 10.5. The van der Waals surface area contributed by atoms with E-state index in [9.17, 15) is 0 Å². The summed E-state index contributed by atoms with van der Waals surface area (Å²) in [6, 6.07) is 20.1. The average molecular weight is 236 g/mol. The van der Waals surface area contributed by atoms with Crippen LogP contribution in [0.5, 0.6) is 0 Å². The molecule has 1 heteroatoms. The van der Waals surface area contributed by atoms with Gasteiger partial charge >= 0.3 is 0 Å². The lowest BCUT2D eigenvalue weighted by atomic mass is 10.1. The number of ether oxygens (including phenoxy) is 1. The van der Waals surface area contributed by atoms with Crippen LogP contribution in [0.2, 0.25) is 0 Å². The Kier molecular flexibility index (Phi) is 4.58. The van der Waals surface area contributed by atoms with E-state index in [0.717, 1.165) is 11.1 Å². The molecule has 1 unspecified atom stereocenters. The van der Waals surface area contributed by atoms with Gasteiger partial charge < -0.3 is 4.74 Å². The molecule has 0 fully saturated rings. The van der Waals surface area contributed by atoms with Crippen molar-refractivity contribution in [3.63, 3.8) is 0 Å². The molecule has 90 valence electrons. The van der Waals surface area contributed by atoms with Crippen molar-refractivity contribution in [3.05, 3.63) is 71.8 Å². The predicted molar refractivity (Wildman–Crippen MR) is 74.1 cm³/mol. The molecule has 2 aromatic rings. The van der Waals surface area contributed by atoms with Crippen molar-refractivity contribution in [2.45, 2.75) is 13.0 Å². The van der Waals surface area contributed by atoms with Gasteiger partial charge in [-0.25, -0.2) is 0 Å². The summed E-state index contributed by atoms with van der Waals surface area (Å²) < 4.78 is 5.68. The van der Waals surface area contributed by atoms with E-state index in [2.05, 4.69) is 11.8 Å². The van der Waals surface area contributed by atoms with Crippen molar-refractivity contribution in [1.29, 1.82) is 0 Å². The monoisotopic (exact) mass is 236 g/mol. The van der Waals surface area contributed by atoms with Gasteiger partial charge in [-0.3, -0.25) is 0 Å². The van der Waals surface area contributed by atoms with Gasteiger partial charge in [0.25, 0.3) is 0 Å². The second kappa shape index (κ2) is 6.64. The molecule has 0 N–H and O–H groups in total. The van der Waals surface area contributed by atoms with Crippen molar-refractivity contribution in [2.75, 3.05) is 6.61 Å². The highest BCUT2D eigenvalue weighted by atomic mass is 16.5. The Morgan fingerprint density at radius 3 is 2.17 bits per heavy atom. The summed E-state index contributed by atoms with van der Waals surface area (Å²) in [5.74, 6) is 6.33. The highest BCUT2D eigenvalue weighted by molar-refractivity contribution is 5.36. The van der Waals surface area contributed by atoms with Crippen molar-refractivity contribution in [1.82, 2.24) is 0 Å². The third-order valence-electron chi connectivity index (χ3n) is 2.56. The Hall–Kier alpha value is -2.04. The fourth-order valence-electron chi connectivity index (χ4n) is 1.69. The standard InChI is InChI=1S/C17H16O/c1-2-18-17(16-11-7-4-8-12-16)14-13-15-9-5-3-6-10-15/h3-12,17H,2H2,1H3. The zero-order valence-electron chi connectivity index (χ0n) is 10.5. The van der Waals surface area contributed by atoms with E-state index in [-0.39, 0.29) is 6.10 Å². The van der Waals surface area contributed by atoms with E-state index in [4.69, 9.17) is 4.74 Å². The quantitative estimate of drug-likeness (QED) is 0.736. The molecule has 2 aromatic carbocycles. The summed E-state index contributed by atoms with van der Waals surface area (Å²) in [5.41, 5.74) is 2.11. The fraction of sp³-hybridized carbons (Fsp3) is 0.176. The summed E-state index contributed by atoms with van der Waals surface area (Å²) in [4.78, 5) is 0. The molecule has 0 amide bonds. The van der Waals surface area contributed by atoms with Gasteiger partial charge in [-0.2, -0.15) is 0 Å². The lowest BCUT2D eigenvalue weighted by molar-refractivity contribution is 0.103. The van der Waals surface area contributed by atoms with Crippen LogP contribution in [-0.4, -0.2) is 6.61 Å². The minimum Gasteiger partial charge on any atom is -0.361 e. The first-order chi connectivity index (χ1) is 8.90. The van der Waals surface area contributed by atoms with E-state index >= 15 is 0 Å². The molecule has 0 aliphatic rings. The molecule has 18 heavy (non-hydrogen) atoms. The summed E-state index contributed by atoms with van der Waals surface area (Å²) in [7, 11) is 0. The molecule has 0 radical (unpaired) electrons.